The molecule has 0 bridgehead atoms. The second-order valence-corrected chi connectivity index (χ2v) is 3.37. The zero-order valence-corrected chi connectivity index (χ0v) is 6.36. The van der Waals surface area contributed by atoms with Crippen molar-refractivity contribution in [1.82, 2.24) is 4.67 Å². The van der Waals surface area contributed by atoms with Crippen LogP contribution in [0.2, 0.25) is 0 Å². The van der Waals surface area contributed by atoms with Crippen molar-refractivity contribution < 1.29 is 24.2 Å². The molecule has 0 saturated carbocycles. The standard InChI is InChI=1S/C3H10NO5P/c1-9-10(7,8)4(2-5)3-6/h5-6H,2-3H2,1H3,(H,7,8). The SMILES string of the molecule is COP(=O)(O)N(CO)CO. The van der Waals surface area contributed by atoms with E-state index < -0.39 is 21.2 Å². The Morgan fingerprint density at radius 2 is 1.90 bits per heavy atom. The van der Waals surface area contributed by atoms with Gasteiger partial charge in [0.1, 0.15) is 13.5 Å². The summed E-state index contributed by atoms with van der Waals surface area (Å²) in [4.78, 5) is 8.72. The summed E-state index contributed by atoms with van der Waals surface area (Å²) in [6.07, 6.45) is 0. The van der Waals surface area contributed by atoms with E-state index in [-0.39, 0.29) is 0 Å². The molecule has 0 saturated heterocycles. The van der Waals surface area contributed by atoms with E-state index in [4.69, 9.17) is 15.1 Å². The Kier molecular flexibility index (Phi) is 4.04. The quantitative estimate of drug-likeness (QED) is 0.368. The van der Waals surface area contributed by atoms with E-state index in [1.807, 2.05) is 0 Å². The third-order valence-electron chi connectivity index (χ3n) is 0.922. The summed E-state index contributed by atoms with van der Waals surface area (Å²) < 4.78 is 15.3. The van der Waals surface area contributed by atoms with Gasteiger partial charge in [0.2, 0.25) is 0 Å². The first-order valence-corrected chi connectivity index (χ1v) is 3.97. The van der Waals surface area contributed by atoms with E-state index in [2.05, 4.69) is 4.52 Å². The molecule has 0 heterocycles. The maximum atomic E-state index is 10.7. The molecule has 3 N–H and O–H groups in total. The summed E-state index contributed by atoms with van der Waals surface area (Å²) in [5.74, 6) is 0. The molecule has 0 aromatic heterocycles. The minimum Gasteiger partial charge on any atom is -0.380 e. The van der Waals surface area contributed by atoms with E-state index in [0.29, 0.717) is 4.67 Å². The van der Waals surface area contributed by atoms with Crippen molar-refractivity contribution in [2.75, 3.05) is 20.6 Å². The summed E-state index contributed by atoms with van der Waals surface area (Å²) in [6, 6.07) is 0. The largest absolute Gasteiger partial charge is 0.409 e. The molecule has 10 heavy (non-hydrogen) atoms. The maximum Gasteiger partial charge on any atom is 0.409 e. The highest BCUT2D eigenvalue weighted by atomic mass is 31.2. The molecule has 0 radical (unpaired) electrons. The van der Waals surface area contributed by atoms with Crippen molar-refractivity contribution in [3.8, 4) is 0 Å². The third-order valence-corrected chi connectivity index (χ3v) is 2.37. The average Bonchev–Trinajstić information content (AvgIpc) is 1.90. The molecule has 0 fully saturated rings. The summed E-state index contributed by atoms with van der Waals surface area (Å²) in [6.45, 7) is -1.45. The first-order valence-electron chi connectivity index (χ1n) is 2.44. The van der Waals surface area contributed by atoms with Gasteiger partial charge in [-0.1, -0.05) is 0 Å². The van der Waals surface area contributed by atoms with Gasteiger partial charge in [-0.15, -0.1) is 0 Å². The maximum absolute atomic E-state index is 10.7. The predicted octanol–water partition coefficient (Wildman–Crippen LogP) is -1.07. The molecule has 0 rings (SSSR count). The first-order chi connectivity index (χ1) is 4.58. The van der Waals surface area contributed by atoms with E-state index in [0.717, 1.165) is 7.11 Å². The molecule has 7 heteroatoms. The number of aliphatic hydroxyl groups is 2. The first kappa shape index (κ1) is 10.0. The van der Waals surface area contributed by atoms with Crippen LogP contribution in [0.25, 0.3) is 0 Å². The summed E-state index contributed by atoms with van der Waals surface area (Å²) in [5.41, 5.74) is 0. The Morgan fingerprint density at radius 3 is 2.00 bits per heavy atom. The Bertz CT molecular complexity index is 135. The highest BCUT2D eigenvalue weighted by Gasteiger charge is 2.26. The average molecular weight is 171 g/mol. The molecule has 62 valence electrons. The molecule has 0 aliphatic heterocycles. The number of nitrogens with zero attached hydrogens (tertiary/aromatic N) is 1. The fourth-order valence-electron chi connectivity index (χ4n) is 0.320. The second kappa shape index (κ2) is 4.02. The lowest BCUT2D eigenvalue weighted by Crippen LogP contribution is -2.22. The van der Waals surface area contributed by atoms with Gasteiger partial charge in [-0.05, 0) is 0 Å². The van der Waals surface area contributed by atoms with Crippen molar-refractivity contribution in [2.24, 2.45) is 0 Å². The molecular formula is C3H10NO5P. The van der Waals surface area contributed by atoms with Gasteiger partial charge in [0.05, 0.1) is 0 Å². The van der Waals surface area contributed by atoms with E-state index in [9.17, 15) is 4.57 Å². The predicted molar refractivity (Wildman–Crippen MR) is 32.8 cm³/mol. The molecule has 6 nitrogen and oxygen atoms in total. The van der Waals surface area contributed by atoms with E-state index >= 15 is 0 Å². The molecule has 0 aliphatic rings. The van der Waals surface area contributed by atoms with Gasteiger partial charge >= 0.3 is 7.75 Å². The number of aliphatic hydroxyl groups excluding tert-OH is 2. The smallest absolute Gasteiger partial charge is 0.380 e. The van der Waals surface area contributed by atoms with Crippen LogP contribution in [-0.2, 0) is 9.09 Å². The third kappa shape index (κ3) is 2.34. The molecule has 1 atom stereocenters. The van der Waals surface area contributed by atoms with Gasteiger partial charge in [0, 0.05) is 7.11 Å². The highest BCUT2D eigenvalue weighted by molar-refractivity contribution is 7.50. The zero-order chi connectivity index (χ0) is 8.20. The van der Waals surface area contributed by atoms with Crippen molar-refractivity contribution in [3.63, 3.8) is 0 Å². The number of hydrogen-bond donors (Lipinski definition) is 3. The molecule has 1 unspecified atom stereocenters. The fourth-order valence-corrected chi connectivity index (χ4v) is 0.871. The topological polar surface area (TPSA) is 90.2 Å². The van der Waals surface area contributed by atoms with Gasteiger partial charge in [-0.2, -0.15) is 4.67 Å². The van der Waals surface area contributed by atoms with Crippen LogP contribution in [-0.4, -0.2) is 40.3 Å². The van der Waals surface area contributed by atoms with Crippen LogP contribution in [0.3, 0.4) is 0 Å². The van der Waals surface area contributed by atoms with Gasteiger partial charge in [-0.25, -0.2) is 4.57 Å². The van der Waals surface area contributed by atoms with E-state index in [1.165, 1.54) is 0 Å². The van der Waals surface area contributed by atoms with E-state index in [1.54, 1.807) is 0 Å². The fraction of sp³-hybridized carbons (Fsp3) is 1.00. The van der Waals surface area contributed by atoms with Crippen LogP contribution in [0.1, 0.15) is 0 Å². The zero-order valence-electron chi connectivity index (χ0n) is 5.47. The Balaban J connectivity index is 4.12. The van der Waals surface area contributed by atoms with Crippen LogP contribution in [0.5, 0.6) is 0 Å². The van der Waals surface area contributed by atoms with Crippen LogP contribution < -0.4 is 0 Å². The Labute approximate surface area is 58.2 Å². The number of hydrogen-bond acceptors (Lipinski definition) is 4. The minimum atomic E-state index is -3.95. The molecule has 0 aliphatic carbocycles. The molecule has 0 aromatic carbocycles. The monoisotopic (exact) mass is 171 g/mol. The van der Waals surface area contributed by atoms with Gasteiger partial charge in [-0.3, -0.25) is 0 Å². The second-order valence-electron chi connectivity index (χ2n) is 1.46. The molecular weight excluding hydrogens is 161 g/mol. The Morgan fingerprint density at radius 1 is 1.50 bits per heavy atom. The molecule has 0 amide bonds. The van der Waals surface area contributed by atoms with Crippen molar-refractivity contribution >= 4 is 7.75 Å². The van der Waals surface area contributed by atoms with Crippen LogP contribution >= 0.6 is 7.75 Å². The molecule has 0 spiro atoms. The van der Waals surface area contributed by atoms with Crippen LogP contribution in [0.15, 0.2) is 0 Å². The van der Waals surface area contributed by atoms with Crippen LogP contribution in [0, 0.1) is 0 Å². The lowest BCUT2D eigenvalue weighted by Gasteiger charge is -2.19. The number of rotatable bonds is 4. The summed E-state index contributed by atoms with van der Waals surface area (Å²) in [5, 5.41) is 16.7. The normalized spacial score (nSPS) is 17.3. The summed E-state index contributed by atoms with van der Waals surface area (Å²) in [7, 11) is -2.94. The molecule has 0 aromatic rings. The highest BCUT2D eigenvalue weighted by Crippen LogP contribution is 2.43. The lowest BCUT2D eigenvalue weighted by atomic mass is 11.1. The minimum absolute atomic E-state index is 0.493. The van der Waals surface area contributed by atoms with Crippen molar-refractivity contribution in [3.05, 3.63) is 0 Å². The van der Waals surface area contributed by atoms with Gasteiger partial charge < -0.3 is 19.6 Å². The Hall–Kier alpha value is 0.0300. The van der Waals surface area contributed by atoms with Crippen LogP contribution in [0.4, 0.5) is 0 Å². The van der Waals surface area contributed by atoms with Crippen molar-refractivity contribution in [1.29, 1.82) is 0 Å². The van der Waals surface area contributed by atoms with Gasteiger partial charge in [0.15, 0.2) is 0 Å². The van der Waals surface area contributed by atoms with Crippen molar-refractivity contribution in [2.45, 2.75) is 0 Å². The lowest BCUT2D eigenvalue weighted by molar-refractivity contribution is 0.0668. The summed E-state index contributed by atoms with van der Waals surface area (Å²) >= 11 is 0. The van der Waals surface area contributed by atoms with Gasteiger partial charge in [0.25, 0.3) is 0 Å².